The van der Waals surface area contributed by atoms with Crippen LogP contribution in [0, 0.1) is 11.8 Å². The number of hydrogen-bond donors (Lipinski definition) is 0. The first-order valence-electron chi connectivity index (χ1n) is 8.69. The highest BCUT2D eigenvalue weighted by Gasteiger charge is 2.62. The van der Waals surface area contributed by atoms with Gasteiger partial charge in [-0.25, -0.2) is 9.59 Å². The molecule has 1 saturated carbocycles. The number of fused-ring (bicyclic) bond motifs is 1. The lowest BCUT2D eigenvalue weighted by atomic mass is 9.67. The van der Waals surface area contributed by atoms with E-state index in [0.717, 1.165) is 0 Å². The minimum Gasteiger partial charge on any atom is -0.458 e. The fourth-order valence-corrected chi connectivity index (χ4v) is 3.79. The number of hydrogen-bond acceptors (Lipinski definition) is 5. The highest BCUT2D eigenvalue weighted by atomic mass is 35.5. The van der Waals surface area contributed by atoms with Gasteiger partial charge in [-0.3, -0.25) is 9.69 Å². The first-order valence-corrected chi connectivity index (χ1v) is 9.23. The first-order chi connectivity index (χ1) is 11.4. The van der Waals surface area contributed by atoms with Crippen molar-refractivity contribution in [1.29, 1.82) is 0 Å². The number of rotatable bonds is 3. The lowest BCUT2D eigenvalue weighted by Crippen LogP contribution is -2.59. The van der Waals surface area contributed by atoms with E-state index in [-0.39, 0.29) is 30.1 Å². The zero-order valence-corrected chi connectivity index (χ0v) is 16.6. The van der Waals surface area contributed by atoms with Crippen LogP contribution in [-0.4, -0.2) is 51.9 Å². The molecule has 1 aliphatic heterocycles. The third-order valence-electron chi connectivity index (χ3n) is 4.39. The summed E-state index contributed by atoms with van der Waals surface area (Å²) in [6.07, 6.45) is 0.196. The van der Waals surface area contributed by atoms with Gasteiger partial charge in [-0.2, -0.15) is 0 Å². The van der Waals surface area contributed by atoms with E-state index in [2.05, 4.69) is 0 Å². The zero-order valence-electron chi connectivity index (χ0n) is 15.8. The lowest BCUT2D eigenvalue weighted by Gasteiger charge is -2.43. The molecule has 0 bridgehead atoms. The van der Waals surface area contributed by atoms with Crippen LogP contribution in [0.2, 0.25) is 0 Å². The summed E-state index contributed by atoms with van der Waals surface area (Å²) >= 11 is 5.81. The number of carbonyl (C=O) groups is 3. The molecule has 1 saturated heterocycles. The van der Waals surface area contributed by atoms with Gasteiger partial charge in [-0.1, -0.05) is 0 Å². The normalized spacial score (nSPS) is 29.1. The number of amides is 1. The largest absolute Gasteiger partial charge is 0.458 e. The van der Waals surface area contributed by atoms with Gasteiger partial charge in [0, 0.05) is 17.7 Å². The summed E-state index contributed by atoms with van der Waals surface area (Å²) < 4.78 is 10.9. The standard InChI is InChI=1S/C18H28ClNO5/c1-17(2,3)24-15(22)12-9-11-13(10(7-8-19)14(11)21)20(12)16(23)25-18(4,5)6/h10-13H,7-9H2,1-6H3/t10-,11+,12-,13+/m0/s1. The highest BCUT2D eigenvalue weighted by molar-refractivity contribution is 6.18. The molecule has 7 heteroatoms. The predicted octanol–water partition coefficient (Wildman–Crippen LogP) is 3.15. The van der Waals surface area contributed by atoms with Crippen LogP contribution in [0.5, 0.6) is 0 Å². The molecule has 0 aromatic carbocycles. The summed E-state index contributed by atoms with van der Waals surface area (Å²) in [4.78, 5) is 39.1. The zero-order chi connectivity index (χ0) is 19.2. The van der Waals surface area contributed by atoms with Gasteiger partial charge < -0.3 is 9.47 Å². The lowest BCUT2D eigenvalue weighted by molar-refractivity contribution is -0.161. The molecule has 142 valence electrons. The Morgan fingerprint density at radius 1 is 1.12 bits per heavy atom. The van der Waals surface area contributed by atoms with Crippen LogP contribution in [0.15, 0.2) is 0 Å². The van der Waals surface area contributed by atoms with E-state index >= 15 is 0 Å². The van der Waals surface area contributed by atoms with Gasteiger partial charge in [-0.15, -0.1) is 11.6 Å². The Morgan fingerprint density at radius 2 is 1.68 bits per heavy atom. The Balaban J connectivity index is 2.27. The summed E-state index contributed by atoms with van der Waals surface area (Å²) in [6.45, 7) is 10.6. The van der Waals surface area contributed by atoms with E-state index < -0.39 is 29.3 Å². The van der Waals surface area contributed by atoms with E-state index in [0.29, 0.717) is 12.3 Å². The molecule has 0 spiro atoms. The molecule has 1 aliphatic carbocycles. The number of ether oxygens (including phenoxy) is 2. The van der Waals surface area contributed by atoms with E-state index in [1.54, 1.807) is 41.5 Å². The smallest absolute Gasteiger partial charge is 0.411 e. The molecule has 2 rings (SSSR count). The molecular weight excluding hydrogens is 346 g/mol. The Morgan fingerprint density at radius 3 is 2.16 bits per heavy atom. The van der Waals surface area contributed by atoms with Crippen LogP contribution in [-0.2, 0) is 19.1 Å². The second kappa shape index (κ2) is 6.78. The molecule has 4 atom stereocenters. The maximum Gasteiger partial charge on any atom is 0.411 e. The van der Waals surface area contributed by atoms with E-state index in [1.807, 2.05) is 0 Å². The Bertz CT molecular complexity index is 563. The van der Waals surface area contributed by atoms with Crippen LogP contribution in [0.25, 0.3) is 0 Å². The van der Waals surface area contributed by atoms with Crippen molar-refractivity contribution < 1.29 is 23.9 Å². The molecule has 0 unspecified atom stereocenters. The van der Waals surface area contributed by atoms with Crippen molar-refractivity contribution in [3.63, 3.8) is 0 Å². The van der Waals surface area contributed by atoms with Crippen LogP contribution < -0.4 is 0 Å². The minimum atomic E-state index is -0.798. The van der Waals surface area contributed by atoms with Crippen molar-refractivity contribution in [2.75, 3.05) is 5.88 Å². The molecule has 6 nitrogen and oxygen atoms in total. The summed E-state index contributed by atoms with van der Waals surface area (Å²) in [5.74, 6) is -0.755. The minimum absolute atomic E-state index is 0.0743. The quantitative estimate of drug-likeness (QED) is 0.561. The number of alkyl halides is 1. The van der Waals surface area contributed by atoms with Crippen molar-refractivity contribution in [3.05, 3.63) is 0 Å². The van der Waals surface area contributed by atoms with E-state index in [9.17, 15) is 14.4 Å². The summed E-state index contributed by atoms with van der Waals surface area (Å²) in [5, 5.41) is 0. The Labute approximate surface area is 154 Å². The van der Waals surface area contributed by atoms with Crippen molar-refractivity contribution in [3.8, 4) is 0 Å². The fraction of sp³-hybridized carbons (Fsp3) is 0.833. The first kappa shape index (κ1) is 20.0. The monoisotopic (exact) mass is 373 g/mol. The topological polar surface area (TPSA) is 72.9 Å². The maximum atomic E-state index is 12.7. The summed E-state index contributed by atoms with van der Waals surface area (Å²) in [5.41, 5.74) is -1.36. The molecule has 0 aromatic rings. The fourth-order valence-electron chi connectivity index (χ4n) is 3.55. The van der Waals surface area contributed by atoms with Crippen LogP contribution in [0.4, 0.5) is 4.79 Å². The maximum absolute atomic E-state index is 12.7. The molecule has 0 N–H and O–H groups in total. The molecule has 2 fully saturated rings. The molecule has 0 radical (unpaired) electrons. The molecule has 0 aromatic heterocycles. The number of esters is 1. The van der Waals surface area contributed by atoms with Gasteiger partial charge in [0.1, 0.15) is 23.0 Å². The molecule has 2 aliphatic rings. The number of ketones is 1. The molecule has 1 amide bonds. The molecular formula is C18H28ClNO5. The van der Waals surface area contributed by atoms with E-state index in [4.69, 9.17) is 21.1 Å². The van der Waals surface area contributed by atoms with Gasteiger partial charge in [0.25, 0.3) is 0 Å². The highest BCUT2D eigenvalue weighted by Crippen LogP contribution is 2.47. The Hall–Kier alpha value is -1.30. The number of carbonyl (C=O) groups excluding carboxylic acids is 3. The third-order valence-corrected chi connectivity index (χ3v) is 4.61. The number of Topliss-reactive ketones (excluding diaryl/α,β-unsaturated/α-hetero) is 1. The average Bonchev–Trinajstić information content (AvgIpc) is 2.77. The second-order valence-corrected chi connectivity index (χ2v) is 9.13. The SMILES string of the molecule is CC(C)(C)OC(=O)[C@@H]1C[C@H]2C(=O)[C@@H](CCCl)[C@H]2N1C(=O)OC(C)(C)C. The van der Waals surface area contributed by atoms with Crippen molar-refractivity contribution >= 4 is 29.4 Å². The van der Waals surface area contributed by atoms with Crippen LogP contribution in [0.3, 0.4) is 0 Å². The van der Waals surface area contributed by atoms with Gasteiger partial charge in [0.05, 0.1) is 6.04 Å². The Kier molecular flexibility index (Phi) is 5.43. The average molecular weight is 374 g/mol. The van der Waals surface area contributed by atoms with Crippen molar-refractivity contribution in [1.82, 2.24) is 4.90 Å². The van der Waals surface area contributed by atoms with Gasteiger partial charge >= 0.3 is 12.1 Å². The van der Waals surface area contributed by atoms with Gasteiger partial charge in [-0.05, 0) is 54.4 Å². The van der Waals surface area contributed by atoms with Crippen LogP contribution in [0.1, 0.15) is 54.4 Å². The van der Waals surface area contributed by atoms with Crippen molar-refractivity contribution in [2.45, 2.75) is 77.7 Å². The number of nitrogens with zero attached hydrogens (tertiary/aromatic N) is 1. The number of likely N-dealkylation sites (tertiary alicyclic amines) is 1. The second-order valence-electron chi connectivity index (χ2n) is 8.76. The van der Waals surface area contributed by atoms with Crippen LogP contribution >= 0.6 is 11.6 Å². The van der Waals surface area contributed by atoms with E-state index in [1.165, 1.54) is 4.90 Å². The molecule has 1 heterocycles. The third kappa shape index (κ3) is 4.27. The molecule has 25 heavy (non-hydrogen) atoms. The summed E-state index contributed by atoms with van der Waals surface area (Å²) in [6, 6.07) is -1.13. The van der Waals surface area contributed by atoms with Gasteiger partial charge in [0.2, 0.25) is 0 Å². The summed E-state index contributed by atoms with van der Waals surface area (Å²) in [7, 11) is 0. The predicted molar refractivity (Wildman–Crippen MR) is 93.4 cm³/mol. The van der Waals surface area contributed by atoms with Gasteiger partial charge in [0.15, 0.2) is 0 Å². The van der Waals surface area contributed by atoms with Crippen molar-refractivity contribution in [2.24, 2.45) is 11.8 Å². The number of halogens is 1.